The molecule has 3 aromatic rings. The van der Waals surface area contributed by atoms with Gasteiger partial charge in [0.1, 0.15) is 15.7 Å². The number of hydrogen-bond donors (Lipinski definition) is 2. The Balaban J connectivity index is 1.97. The quantitative estimate of drug-likeness (QED) is 0.537. The van der Waals surface area contributed by atoms with E-state index in [-0.39, 0.29) is 18.1 Å². The summed E-state index contributed by atoms with van der Waals surface area (Å²) in [4.78, 5) is 48.9. The van der Waals surface area contributed by atoms with E-state index < -0.39 is 5.97 Å². The van der Waals surface area contributed by atoms with E-state index in [1.165, 1.54) is 22.7 Å². The Hall–Kier alpha value is -2.56. The van der Waals surface area contributed by atoms with E-state index in [0.717, 1.165) is 11.3 Å². The number of H-pyrrole nitrogens is 1. The van der Waals surface area contributed by atoms with Gasteiger partial charge in [0.05, 0.1) is 29.0 Å². The normalized spacial score (nSPS) is 11.3. The molecule has 0 atom stereocenters. The van der Waals surface area contributed by atoms with Crippen LogP contribution in [0.5, 0.6) is 0 Å². The van der Waals surface area contributed by atoms with Gasteiger partial charge in [0.2, 0.25) is 0 Å². The van der Waals surface area contributed by atoms with Crippen LogP contribution in [0.15, 0.2) is 10.9 Å². The second kappa shape index (κ2) is 9.07. The molecule has 0 bridgehead atoms. The van der Waals surface area contributed by atoms with Gasteiger partial charge in [-0.1, -0.05) is 6.92 Å². The molecule has 1 amide bonds. The zero-order chi connectivity index (χ0) is 22.0. The summed E-state index contributed by atoms with van der Waals surface area (Å²) in [6, 6.07) is 1.75. The van der Waals surface area contributed by atoms with Gasteiger partial charge < -0.3 is 19.9 Å². The zero-order valence-electron chi connectivity index (χ0n) is 17.5. The van der Waals surface area contributed by atoms with Gasteiger partial charge in [-0.05, 0) is 46.0 Å². The number of aromatic amines is 1. The van der Waals surface area contributed by atoms with Gasteiger partial charge in [0.25, 0.3) is 11.5 Å². The molecular weight excluding hydrogens is 424 g/mol. The monoisotopic (exact) mass is 448 g/mol. The minimum Gasteiger partial charge on any atom is -0.462 e. The van der Waals surface area contributed by atoms with Crippen molar-refractivity contribution in [3.63, 3.8) is 0 Å². The summed E-state index contributed by atoms with van der Waals surface area (Å²) < 4.78 is 5.11. The third kappa shape index (κ3) is 4.45. The van der Waals surface area contributed by atoms with Crippen molar-refractivity contribution in [1.82, 2.24) is 14.9 Å². The third-order valence-electron chi connectivity index (χ3n) is 4.38. The Bertz CT molecular complexity index is 1160. The maximum atomic E-state index is 13.0. The van der Waals surface area contributed by atoms with E-state index >= 15 is 0 Å². The number of anilines is 1. The second-order valence-corrected chi connectivity index (χ2v) is 9.11. The minimum absolute atomic E-state index is 0.253. The molecule has 3 rings (SSSR count). The number of nitrogens with zero attached hydrogens (tertiary/aromatic N) is 2. The standard InChI is InChI=1S/C20H24N4O4S2/c1-6-11-8-12(20(27)28-7-2)18(29-11)23-17(26)15-10(3)14-16(25)21-13(9-24(4)5)22-19(14)30-15/h8H,6-7,9H2,1-5H3,(H,23,26)(H,21,22,25). The summed E-state index contributed by atoms with van der Waals surface area (Å²) in [5.41, 5.74) is 0.652. The van der Waals surface area contributed by atoms with Crippen molar-refractivity contribution in [2.75, 3.05) is 26.0 Å². The maximum Gasteiger partial charge on any atom is 0.341 e. The van der Waals surface area contributed by atoms with Crippen LogP contribution in [-0.2, 0) is 17.7 Å². The molecule has 2 N–H and O–H groups in total. The lowest BCUT2D eigenvalue weighted by molar-refractivity contribution is 0.0528. The topological polar surface area (TPSA) is 104 Å². The number of esters is 1. The Morgan fingerprint density at radius 1 is 1.27 bits per heavy atom. The van der Waals surface area contributed by atoms with Crippen LogP contribution in [0.25, 0.3) is 10.2 Å². The fourth-order valence-electron chi connectivity index (χ4n) is 3.01. The molecule has 0 aliphatic heterocycles. The fraction of sp³-hybridized carbons (Fsp3) is 0.400. The van der Waals surface area contributed by atoms with Gasteiger partial charge in [-0.25, -0.2) is 9.78 Å². The molecular formula is C20H24N4O4S2. The first-order valence-electron chi connectivity index (χ1n) is 9.53. The zero-order valence-corrected chi connectivity index (χ0v) is 19.2. The fourth-order valence-corrected chi connectivity index (χ4v) is 5.08. The van der Waals surface area contributed by atoms with Crippen molar-refractivity contribution in [2.45, 2.75) is 33.7 Å². The Morgan fingerprint density at radius 3 is 2.63 bits per heavy atom. The molecule has 30 heavy (non-hydrogen) atoms. The lowest BCUT2D eigenvalue weighted by Crippen LogP contribution is -2.18. The van der Waals surface area contributed by atoms with Crippen molar-refractivity contribution in [1.29, 1.82) is 0 Å². The highest BCUT2D eigenvalue weighted by Gasteiger charge is 2.23. The molecule has 0 saturated heterocycles. The molecule has 0 aromatic carbocycles. The summed E-state index contributed by atoms with van der Waals surface area (Å²) in [7, 11) is 3.77. The van der Waals surface area contributed by atoms with Gasteiger partial charge in [-0.3, -0.25) is 9.59 Å². The molecule has 8 nitrogen and oxygen atoms in total. The van der Waals surface area contributed by atoms with Crippen LogP contribution in [0.1, 0.15) is 50.1 Å². The van der Waals surface area contributed by atoms with Gasteiger partial charge in [0, 0.05) is 4.88 Å². The van der Waals surface area contributed by atoms with Gasteiger partial charge in [-0.15, -0.1) is 22.7 Å². The average molecular weight is 449 g/mol. The highest BCUT2D eigenvalue weighted by molar-refractivity contribution is 7.21. The van der Waals surface area contributed by atoms with Crippen LogP contribution in [0.3, 0.4) is 0 Å². The van der Waals surface area contributed by atoms with Gasteiger partial charge >= 0.3 is 5.97 Å². The van der Waals surface area contributed by atoms with E-state index in [4.69, 9.17) is 4.74 Å². The van der Waals surface area contributed by atoms with E-state index in [2.05, 4.69) is 15.3 Å². The predicted molar refractivity (Wildman–Crippen MR) is 120 cm³/mol. The molecule has 0 saturated carbocycles. The van der Waals surface area contributed by atoms with Gasteiger partial charge in [-0.2, -0.15) is 0 Å². The number of aromatic nitrogens is 2. The summed E-state index contributed by atoms with van der Waals surface area (Å²) in [6.45, 7) is 6.18. The van der Waals surface area contributed by atoms with E-state index in [0.29, 0.717) is 43.6 Å². The minimum atomic E-state index is -0.469. The SMILES string of the molecule is CCOC(=O)c1cc(CC)sc1NC(=O)c1sc2nc(CN(C)C)[nH]c(=O)c2c1C. The third-order valence-corrected chi connectivity index (χ3v) is 6.76. The molecule has 0 fully saturated rings. The van der Waals surface area contributed by atoms with Crippen molar-refractivity contribution < 1.29 is 14.3 Å². The summed E-state index contributed by atoms with van der Waals surface area (Å²) in [6.07, 6.45) is 0.739. The molecule has 160 valence electrons. The predicted octanol–water partition coefficient (Wildman–Crippen LogP) is 3.41. The molecule has 0 unspecified atom stereocenters. The van der Waals surface area contributed by atoms with Crippen LogP contribution in [0.4, 0.5) is 5.00 Å². The van der Waals surface area contributed by atoms with Crippen molar-refractivity contribution >= 4 is 49.8 Å². The number of carbonyl (C=O) groups excluding carboxylic acids is 2. The molecule has 3 heterocycles. The van der Waals surface area contributed by atoms with E-state index in [1.54, 1.807) is 19.9 Å². The summed E-state index contributed by atoms with van der Waals surface area (Å²) >= 11 is 2.52. The largest absolute Gasteiger partial charge is 0.462 e. The number of amides is 1. The Labute approximate surface area is 181 Å². The van der Waals surface area contributed by atoms with Crippen LogP contribution in [0.2, 0.25) is 0 Å². The van der Waals surface area contributed by atoms with Crippen molar-refractivity contribution in [3.8, 4) is 0 Å². The second-order valence-electron chi connectivity index (χ2n) is 6.97. The highest BCUT2D eigenvalue weighted by Crippen LogP contribution is 2.32. The molecule has 10 heteroatoms. The molecule has 0 radical (unpaired) electrons. The maximum absolute atomic E-state index is 13.0. The first-order chi connectivity index (χ1) is 14.2. The number of ether oxygens (including phenoxy) is 1. The van der Waals surface area contributed by atoms with Crippen LogP contribution < -0.4 is 10.9 Å². The first kappa shape index (κ1) is 22.1. The Kier molecular flexibility index (Phi) is 6.69. The number of fused-ring (bicyclic) bond motifs is 1. The number of hydrogen-bond acceptors (Lipinski definition) is 8. The number of aryl methyl sites for hydroxylation is 2. The van der Waals surface area contributed by atoms with Crippen molar-refractivity contribution in [2.24, 2.45) is 0 Å². The molecule has 0 aliphatic carbocycles. The summed E-state index contributed by atoms with van der Waals surface area (Å²) in [5, 5.41) is 3.69. The number of rotatable bonds is 7. The average Bonchev–Trinajstić information content (AvgIpc) is 3.22. The summed E-state index contributed by atoms with van der Waals surface area (Å²) in [5.74, 6) is -0.302. The lowest BCUT2D eigenvalue weighted by Gasteiger charge is -2.07. The highest BCUT2D eigenvalue weighted by atomic mass is 32.1. The molecule has 3 aromatic heterocycles. The Morgan fingerprint density at radius 2 is 2.00 bits per heavy atom. The van der Waals surface area contributed by atoms with E-state index in [1.807, 2.05) is 25.9 Å². The molecule has 0 spiro atoms. The number of carbonyl (C=O) groups is 2. The lowest BCUT2D eigenvalue weighted by atomic mass is 10.2. The van der Waals surface area contributed by atoms with Crippen LogP contribution >= 0.6 is 22.7 Å². The van der Waals surface area contributed by atoms with Crippen LogP contribution in [-0.4, -0.2) is 47.4 Å². The van der Waals surface area contributed by atoms with Crippen LogP contribution in [0, 0.1) is 6.92 Å². The van der Waals surface area contributed by atoms with Gasteiger partial charge in [0.15, 0.2) is 0 Å². The smallest absolute Gasteiger partial charge is 0.341 e. The van der Waals surface area contributed by atoms with E-state index in [9.17, 15) is 14.4 Å². The first-order valence-corrected chi connectivity index (χ1v) is 11.2. The molecule has 0 aliphatic rings. The van der Waals surface area contributed by atoms with Crippen molar-refractivity contribution in [3.05, 3.63) is 43.1 Å². The number of thiophene rings is 2. The number of nitrogens with one attached hydrogen (secondary N) is 2.